The summed E-state index contributed by atoms with van der Waals surface area (Å²) < 4.78 is 0. The number of carbonyl (C=O) groups is 1. The van der Waals surface area contributed by atoms with Gasteiger partial charge in [0.05, 0.1) is 22.7 Å². The van der Waals surface area contributed by atoms with Crippen molar-refractivity contribution in [2.75, 3.05) is 7.05 Å². The number of halogens is 1. The maximum atomic E-state index is 11.7. The molecule has 2 heterocycles. The summed E-state index contributed by atoms with van der Waals surface area (Å²) in [7, 11) is 1.61. The van der Waals surface area contributed by atoms with E-state index in [4.69, 9.17) is 0 Å². The molecule has 4 rings (SSSR count). The van der Waals surface area contributed by atoms with Crippen LogP contribution in [0, 0.1) is 0 Å². The molecule has 0 radical (unpaired) electrons. The molecule has 6 nitrogen and oxygen atoms in total. The Balaban J connectivity index is 0.00000156. The third-order valence-corrected chi connectivity index (χ3v) is 3.69. The second kappa shape index (κ2) is 5.73. The number of aromatic amines is 2. The molecule has 0 fully saturated rings. The van der Waals surface area contributed by atoms with Crippen molar-refractivity contribution in [1.82, 2.24) is 25.5 Å². The molecule has 3 N–H and O–H groups in total. The Labute approximate surface area is 137 Å². The molecule has 0 saturated carbocycles. The minimum atomic E-state index is -0.120. The molecule has 0 saturated heterocycles. The minimum absolute atomic E-state index is 0. The molecular formula is C16H14ClN5O. The van der Waals surface area contributed by atoms with Crippen molar-refractivity contribution in [3.63, 3.8) is 0 Å². The molecule has 2 aromatic carbocycles. The van der Waals surface area contributed by atoms with Crippen LogP contribution in [-0.2, 0) is 0 Å². The fourth-order valence-electron chi connectivity index (χ4n) is 2.51. The summed E-state index contributed by atoms with van der Waals surface area (Å²) in [6.07, 6.45) is 1.79. The second-order valence-electron chi connectivity index (χ2n) is 5.07. The first-order valence-electron chi connectivity index (χ1n) is 6.90. The summed E-state index contributed by atoms with van der Waals surface area (Å²) in [6.45, 7) is 0. The van der Waals surface area contributed by atoms with Gasteiger partial charge in [-0.2, -0.15) is 5.10 Å². The summed E-state index contributed by atoms with van der Waals surface area (Å²) in [6, 6.07) is 11.4. The molecule has 116 valence electrons. The van der Waals surface area contributed by atoms with Gasteiger partial charge in [-0.25, -0.2) is 4.98 Å². The first kappa shape index (κ1) is 15.1. The summed E-state index contributed by atoms with van der Waals surface area (Å²) in [5.41, 5.74) is 4.18. The molecule has 0 spiro atoms. The lowest BCUT2D eigenvalue weighted by molar-refractivity contribution is 0.0963. The van der Waals surface area contributed by atoms with Crippen molar-refractivity contribution in [3.8, 4) is 11.4 Å². The quantitative estimate of drug-likeness (QED) is 0.529. The topological polar surface area (TPSA) is 86.5 Å². The Bertz CT molecular complexity index is 1000. The van der Waals surface area contributed by atoms with Crippen molar-refractivity contribution in [2.24, 2.45) is 0 Å². The van der Waals surface area contributed by atoms with Crippen LogP contribution in [0.15, 0.2) is 42.6 Å². The number of amides is 1. The number of imidazole rings is 1. The number of hydrogen-bond acceptors (Lipinski definition) is 3. The predicted octanol–water partition coefficient (Wildman–Crippen LogP) is 2.89. The van der Waals surface area contributed by atoms with Gasteiger partial charge in [-0.1, -0.05) is 12.1 Å². The van der Waals surface area contributed by atoms with Gasteiger partial charge in [-0.3, -0.25) is 9.89 Å². The van der Waals surface area contributed by atoms with Gasteiger partial charge in [0, 0.05) is 23.6 Å². The number of aromatic nitrogens is 4. The SMILES string of the molecule is CNC(=O)c1ccc2[nH]c(-c3ccc4cn[nH]c4c3)nc2c1.Cl. The van der Waals surface area contributed by atoms with Gasteiger partial charge in [0.15, 0.2) is 0 Å². The summed E-state index contributed by atoms with van der Waals surface area (Å²) in [5.74, 6) is 0.644. The first-order valence-corrected chi connectivity index (χ1v) is 6.90. The van der Waals surface area contributed by atoms with Crippen LogP contribution in [0.2, 0.25) is 0 Å². The largest absolute Gasteiger partial charge is 0.355 e. The van der Waals surface area contributed by atoms with Crippen molar-refractivity contribution in [1.29, 1.82) is 0 Å². The van der Waals surface area contributed by atoms with Crippen LogP contribution < -0.4 is 5.32 Å². The van der Waals surface area contributed by atoms with Gasteiger partial charge in [0.2, 0.25) is 0 Å². The van der Waals surface area contributed by atoms with E-state index >= 15 is 0 Å². The lowest BCUT2D eigenvalue weighted by Gasteiger charge is -1.97. The molecule has 0 bridgehead atoms. The third kappa shape index (κ3) is 2.53. The normalized spacial score (nSPS) is 10.7. The van der Waals surface area contributed by atoms with E-state index in [-0.39, 0.29) is 18.3 Å². The Kier molecular flexibility index (Phi) is 3.75. The highest BCUT2D eigenvalue weighted by molar-refractivity contribution is 5.97. The number of benzene rings is 2. The molecule has 0 unspecified atom stereocenters. The zero-order valence-electron chi connectivity index (χ0n) is 12.3. The molecule has 0 aliphatic rings. The van der Waals surface area contributed by atoms with E-state index in [1.807, 2.05) is 24.3 Å². The van der Waals surface area contributed by atoms with Gasteiger partial charge in [0.25, 0.3) is 5.91 Å². The highest BCUT2D eigenvalue weighted by Crippen LogP contribution is 2.24. The number of H-pyrrole nitrogens is 2. The Morgan fingerprint density at radius 1 is 1.13 bits per heavy atom. The van der Waals surface area contributed by atoms with Crippen LogP contribution in [-0.4, -0.2) is 33.1 Å². The van der Waals surface area contributed by atoms with Gasteiger partial charge in [-0.05, 0) is 24.3 Å². The van der Waals surface area contributed by atoms with Crippen LogP contribution in [0.3, 0.4) is 0 Å². The average molecular weight is 328 g/mol. The molecule has 7 heteroatoms. The number of hydrogen-bond donors (Lipinski definition) is 3. The lowest BCUT2D eigenvalue weighted by atomic mass is 10.1. The standard InChI is InChI=1S/C16H13N5O.ClH/c1-17-16(22)10-4-5-12-14(7-10)20-15(19-12)9-2-3-11-8-18-21-13(11)6-9;/h2-8H,1H3,(H,17,22)(H,18,21)(H,19,20);1H. The third-order valence-electron chi connectivity index (χ3n) is 3.69. The number of rotatable bonds is 2. The van der Waals surface area contributed by atoms with E-state index in [1.165, 1.54) is 0 Å². The maximum absolute atomic E-state index is 11.7. The number of nitrogens with one attached hydrogen (secondary N) is 3. The Morgan fingerprint density at radius 3 is 2.83 bits per heavy atom. The molecule has 1 amide bonds. The van der Waals surface area contributed by atoms with Crippen LogP contribution in [0.4, 0.5) is 0 Å². The first-order chi connectivity index (χ1) is 10.7. The van der Waals surface area contributed by atoms with E-state index in [0.717, 1.165) is 33.3 Å². The molecule has 4 aromatic rings. The fourth-order valence-corrected chi connectivity index (χ4v) is 2.51. The second-order valence-corrected chi connectivity index (χ2v) is 5.07. The van der Waals surface area contributed by atoms with E-state index in [9.17, 15) is 4.79 Å². The summed E-state index contributed by atoms with van der Waals surface area (Å²) >= 11 is 0. The van der Waals surface area contributed by atoms with Crippen molar-refractivity contribution < 1.29 is 4.79 Å². The monoisotopic (exact) mass is 327 g/mol. The van der Waals surface area contributed by atoms with Gasteiger partial charge in [-0.15, -0.1) is 12.4 Å². The highest BCUT2D eigenvalue weighted by Gasteiger charge is 2.09. The smallest absolute Gasteiger partial charge is 0.251 e. The van der Waals surface area contributed by atoms with Crippen molar-refractivity contribution >= 4 is 40.3 Å². The van der Waals surface area contributed by atoms with Gasteiger partial charge in [0.1, 0.15) is 5.82 Å². The van der Waals surface area contributed by atoms with E-state index in [0.29, 0.717) is 5.56 Å². The van der Waals surface area contributed by atoms with Crippen molar-refractivity contribution in [2.45, 2.75) is 0 Å². The van der Waals surface area contributed by atoms with Crippen LogP contribution >= 0.6 is 12.4 Å². The molecule has 0 atom stereocenters. The summed E-state index contributed by atoms with van der Waals surface area (Å²) in [4.78, 5) is 19.5. The molecule has 0 aliphatic carbocycles. The van der Waals surface area contributed by atoms with Crippen LogP contribution in [0.1, 0.15) is 10.4 Å². The molecule has 2 aromatic heterocycles. The number of carbonyl (C=O) groups excluding carboxylic acids is 1. The van der Waals surface area contributed by atoms with E-state index < -0.39 is 0 Å². The molecular weight excluding hydrogens is 314 g/mol. The zero-order valence-corrected chi connectivity index (χ0v) is 13.1. The molecule has 23 heavy (non-hydrogen) atoms. The van der Waals surface area contributed by atoms with Crippen LogP contribution in [0.5, 0.6) is 0 Å². The van der Waals surface area contributed by atoms with Gasteiger partial charge < -0.3 is 10.3 Å². The highest BCUT2D eigenvalue weighted by atomic mass is 35.5. The fraction of sp³-hybridized carbons (Fsp3) is 0.0625. The summed E-state index contributed by atoms with van der Waals surface area (Å²) in [5, 5.41) is 10.6. The Hall–Kier alpha value is -2.86. The number of fused-ring (bicyclic) bond motifs is 2. The van der Waals surface area contributed by atoms with Crippen LogP contribution in [0.25, 0.3) is 33.3 Å². The Morgan fingerprint density at radius 2 is 2.00 bits per heavy atom. The maximum Gasteiger partial charge on any atom is 0.251 e. The van der Waals surface area contributed by atoms with E-state index in [2.05, 4.69) is 25.5 Å². The van der Waals surface area contributed by atoms with Crippen molar-refractivity contribution in [3.05, 3.63) is 48.2 Å². The minimum Gasteiger partial charge on any atom is -0.355 e. The van der Waals surface area contributed by atoms with Gasteiger partial charge >= 0.3 is 0 Å². The molecule has 0 aliphatic heterocycles. The zero-order chi connectivity index (χ0) is 15.1. The lowest BCUT2D eigenvalue weighted by Crippen LogP contribution is -2.17. The van der Waals surface area contributed by atoms with E-state index in [1.54, 1.807) is 25.4 Å². The predicted molar refractivity (Wildman–Crippen MR) is 91.8 cm³/mol. The number of nitrogens with zero attached hydrogens (tertiary/aromatic N) is 2. The average Bonchev–Trinajstić information content (AvgIpc) is 3.18.